The summed E-state index contributed by atoms with van der Waals surface area (Å²) in [6.07, 6.45) is 0. The Balaban J connectivity index is 1.86. The molecule has 25 heavy (non-hydrogen) atoms. The molecule has 1 saturated heterocycles. The second-order valence-electron chi connectivity index (χ2n) is 8.12. The van der Waals surface area contributed by atoms with Gasteiger partial charge in [-0.05, 0) is 38.0 Å². The lowest BCUT2D eigenvalue weighted by Gasteiger charge is -2.46. The van der Waals surface area contributed by atoms with Gasteiger partial charge in [-0.25, -0.2) is 0 Å². The smallest absolute Gasteiger partial charge is 0.247 e. The van der Waals surface area contributed by atoms with Gasteiger partial charge in [0.05, 0.1) is 0 Å². The molecule has 0 N–H and O–H groups in total. The standard InChI is InChI=1S/C22H26N2O/c1-15-11-12-19-18(13-15)21(3,4)22(5)23(20(25)16(2)24(19)22)14-17-9-7-6-8-10-17/h6-13,16H,14H2,1-5H3. The number of aryl methyl sites for hydroxylation is 1. The third kappa shape index (κ3) is 1.95. The summed E-state index contributed by atoms with van der Waals surface area (Å²) in [5.41, 5.74) is 4.47. The van der Waals surface area contributed by atoms with Gasteiger partial charge in [0.15, 0.2) is 0 Å². The van der Waals surface area contributed by atoms with E-state index in [1.54, 1.807) is 0 Å². The van der Waals surface area contributed by atoms with Crippen LogP contribution in [0, 0.1) is 6.92 Å². The van der Waals surface area contributed by atoms with Crippen molar-refractivity contribution in [1.29, 1.82) is 0 Å². The number of carbonyl (C=O) groups is 1. The van der Waals surface area contributed by atoms with Crippen molar-refractivity contribution in [2.75, 3.05) is 4.90 Å². The maximum atomic E-state index is 13.2. The van der Waals surface area contributed by atoms with E-state index in [2.05, 4.69) is 67.8 Å². The molecule has 0 spiro atoms. The van der Waals surface area contributed by atoms with Crippen LogP contribution < -0.4 is 4.90 Å². The number of hydrogen-bond donors (Lipinski definition) is 0. The molecule has 1 amide bonds. The van der Waals surface area contributed by atoms with Crippen LogP contribution in [0.3, 0.4) is 0 Å². The molecule has 4 rings (SSSR count). The quantitative estimate of drug-likeness (QED) is 0.820. The zero-order valence-electron chi connectivity index (χ0n) is 15.7. The minimum absolute atomic E-state index is 0.142. The third-order valence-corrected chi connectivity index (χ3v) is 6.46. The average Bonchev–Trinajstić information content (AvgIpc) is 2.88. The molecule has 2 unspecified atom stereocenters. The fourth-order valence-corrected chi connectivity index (χ4v) is 4.75. The van der Waals surface area contributed by atoms with E-state index in [-0.39, 0.29) is 23.0 Å². The highest BCUT2D eigenvalue weighted by Gasteiger charge is 2.64. The van der Waals surface area contributed by atoms with Gasteiger partial charge in [-0.1, -0.05) is 61.9 Å². The second-order valence-corrected chi connectivity index (χ2v) is 8.12. The monoisotopic (exact) mass is 334 g/mol. The minimum Gasteiger partial charge on any atom is -0.336 e. The molecule has 0 radical (unpaired) electrons. The molecule has 0 aromatic heterocycles. The molecule has 2 aromatic carbocycles. The molecule has 0 bridgehead atoms. The summed E-state index contributed by atoms with van der Waals surface area (Å²) in [6, 6.07) is 16.8. The number of rotatable bonds is 2. The van der Waals surface area contributed by atoms with Crippen molar-refractivity contribution in [3.8, 4) is 0 Å². The topological polar surface area (TPSA) is 23.6 Å². The van der Waals surface area contributed by atoms with E-state index in [0.29, 0.717) is 6.54 Å². The molecule has 2 heterocycles. The number of benzene rings is 2. The molecule has 3 heteroatoms. The van der Waals surface area contributed by atoms with Gasteiger partial charge in [-0.3, -0.25) is 4.79 Å². The third-order valence-electron chi connectivity index (χ3n) is 6.46. The number of nitrogens with zero attached hydrogens (tertiary/aromatic N) is 2. The second kappa shape index (κ2) is 5.10. The van der Waals surface area contributed by atoms with Crippen molar-refractivity contribution < 1.29 is 4.79 Å². The summed E-state index contributed by atoms with van der Waals surface area (Å²) in [4.78, 5) is 17.6. The van der Waals surface area contributed by atoms with E-state index < -0.39 is 0 Å². The molecular weight excluding hydrogens is 308 g/mol. The van der Waals surface area contributed by atoms with Gasteiger partial charge in [0.2, 0.25) is 5.91 Å². The lowest BCUT2D eigenvalue weighted by molar-refractivity contribution is -0.133. The van der Waals surface area contributed by atoms with Crippen molar-refractivity contribution in [1.82, 2.24) is 4.90 Å². The van der Waals surface area contributed by atoms with Gasteiger partial charge in [0, 0.05) is 17.6 Å². The Kier molecular flexibility index (Phi) is 3.31. The molecule has 3 nitrogen and oxygen atoms in total. The number of hydrogen-bond acceptors (Lipinski definition) is 2. The first kappa shape index (κ1) is 16.2. The minimum atomic E-state index is -0.366. The van der Waals surface area contributed by atoms with Crippen molar-refractivity contribution >= 4 is 11.6 Å². The summed E-state index contributed by atoms with van der Waals surface area (Å²) in [7, 11) is 0. The van der Waals surface area contributed by atoms with Crippen LogP contribution in [0.2, 0.25) is 0 Å². The summed E-state index contributed by atoms with van der Waals surface area (Å²) >= 11 is 0. The van der Waals surface area contributed by atoms with Crippen molar-refractivity contribution in [2.24, 2.45) is 0 Å². The Labute approximate surface area is 150 Å². The van der Waals surface area contributed by atoms with Crippen LogP contribution in [0.4, 0.5) is 5.69 Å². The Hall–Kier alpha value is -2.29. The van der Waals surface area contributed by atoms with Gasteiger partial charge in [0.25, 0.3) is 0 Å². The molecule has 2 aliphatic heterocycles. The largest absolute Gasteiger partial charge is 0.336 e. The van der Waals surface area contributed by atoms with Gasteiger partial charge >= 0.3 is 0 Å². The zero-order valence-corrected chi connectivity index (χ0v) is 15.7. The van der Waals surface area contributed by atoms with Crippen LogP contribution in [0.25, 0.3) is 0 Å². The molecular formula is C22H26N2O. The lowest BCUT2D eigenvalue weighted by Crippen LogP contribution is -2.59. The maximum absolute atomic E-state index is 13.2. The number of anilines is 1. The van der Waals surface area contributed by atoms with Crippen LogP contribution in [-0.2, 0) is 16.8 Å². The van der Waals surface area contributed by atoms with Crippen LogP contribution in [0.5, 0.6) is 0 Å². The number of carbonyl (C=O) groups excluding carboxylic acids is 1. The average molecular weight is 334 g/mol. The lowest BCUT2D eigenvalue weighted by atomic mass is 9.75. The highest BCUT2D eigenvalue weighted by Crippen LogP contribution is 2.57. The first-order valence-electron chi connectivity index (χ1n) is 9.04. The number of fused-ring (bicyclic) bond motifs is 3. The summed E-state index contributed by atoms with van der Waals surface area (Å²) in [6.45, 7) is 11.6. The zero-order chi connectivity index (χ0) is 18.0. The Morgan fingerprint density at radius 3 is 2.40 bits per heavy atom. The van der Waals surface area contributed by atoms with Crippen molar-refractivity contribution in [2.45, 2.75) is 58.3 Å². The first-order chi connectivity index (χ1) is 11.8. The number of amides is 1. The van der Waals surface area contributed by atoms with E-state index in [1.807, 2.05) is 25.1 Å². The predicted molar refractivity (Wildman–Crippen MR) is 102 cm³/mol. The Morgan fingerprint density at radius 1 is 1.04 bits per heavy atom. The molecule has 2 aliphatic rings. The fraction of sp³-hybridized carbons (Fsp3) is 0.409. The van der Waals surface area contributed by atoms with Crippen LogP contribution in [0.1, 0.15) is 44.4 Å². The van der Waals surface area contributed by atoms with Crippen LogP contribution >= 0.6 is 0 Å². The Morgan fingerprint density at radius 2 is 1.72 bits per heavy atom. The SMILES string of the molecule is Cc1ccc2c(c1)C(C)(C)C1(C)N(Cc3ccccc3)C(=O)C(C)N21. The van der Waals surface area contributed by atoms with Crippen molar-refractivity contribution in [3.63, 3.8) is 0 Å². The van der Waals surface area contributed by atoms with E-state index in [9.17, 15) is 4.79 Å². The van der Waals surface area contributed by atoms with Crippen LogP contribution in [0.15, 0.2) is 48.5 Å². The molecule has 2 atom stereocenters. The van der Waals surface area contributed by atoms with Gasteiger partial charge < -0.3 is 9.80 Å². The first-order valence-corrected chi connectivity index (χ1v) is 9.04. The van der Waals surface area contributed by atoms with Gasteiger partial charge in [-0.2, -0.15) is 0 Å². The molecule has 0 saturated carbocycles. The van der Waals surface area contributed by atoms with Gasteiger partial charge in [-0.15, -0.1) is 0 Å². The van der Waals surface area contributed by atoms with E-state index in [1.165, 1.54) is 22.4 Å². The predicted octanol–water partition coefficient (Wildman–Crippen LogP) is 4.24. The summed E-state index contributed by atoms with van der Waals surface area (Å²) in [5, 5.41) is 0. The highest BCUT2D eigenvalue weighted by molar-refractivity contribution is 5.93. The molecule has 130 valence electrons. The fourth-order valence-electron chi connectivity index (χ4n) is 4.75. The summed E-state index contributed by atoms with van der Waals surface area (Å²) < 4.78 is 0. The maximum Gasteiger partial charge on any atom is 0.247 e. The Bertz CT molecular complexity index is 842. The van der Waals surface area contributed by atoms with Crippen molar-refractivity contribution in [3.05, 3.63) is 65.2 Å². The molecule has 1 fully saturated rings. The molecule has 0 aliphatic carbocycles. The molecule has 2 aromatic rings. The normalized spacial score (nSPS) is 26.8. The van der Waals surface area contributed by atoms with E-state index in [4.69, 9.17) is 0 Å². The van der Waals surface area contributed by atoms with Gasteiger partial charge in [0.1, 0.15) is 11.7 Å². The van der Waals surface area contributed by atoms with Crippen LogP contribution in [-0.4, -0.2) is 22.5 Å². The van der Waals surface area contributed by atoms with E-state index >= 15 is 0 Å². The van der Waals surface area contributed by atoms with E-state index in [0.717, 1.165) is 0 Å². The summed E-state index contributed by atoms with van der Waals surface area (Å²) in [5.74, 6) is 0.214. The highest BCUT2D eigenvalue weighted by atomic mass is 16.2.